The van der Waals surface area contributed by atoms with E-state index in [-0.39, 0.29) is 0 Å². The number of fused-ring (bicyclic) bond motifs is 10. The van der Waals surface area contributed by atoms with E-state index in [0.717, 1.165) is 50.3 Å². The maximum absolute atomic E-state index is 5.51. The SMILES string of the molecule is c1ccc(-c2nc3ccccc3nc2-n2c3cc4c(c5ccccc5n4-c4ccccc4)c4c5cccc6c7ccccc7n(c7cccc2c7c43)c65)cc1. The summed E-state index contributed by atoms with van der Waals surface area (Å²) in [6.07, 6.45) is 0. The van der Waals surface area contributed by atoms with Gasteiger partial charge in [0.2, 0.25) is 0 Å². The zero-order chi connectivity index (χ0) is 35.8. The topological polar surface area (TPSA) is 40.0 Å². The number of hydrogen-bond donors (Lipinski definition) is 0. The number of aromatic nitrogens is 5. The highest BCUT2D eigenvalue weighted by atomic mass is 15.1. The molecule has 55 heavy (non-hydrogen) atoms. The van der Waals surface area contributed by atoms with Crippen molar-refractivity contribution < 1.29 is 0 Å². The highest BCUT2D eigenvalue weighted by molar-refractivity contribution is 6.39. The predicted octanol–water partition coefficient (Wildman–Crippen LogP) is 12.6. The number of rotatable bonds is 3. The molecule has 0 bridgehead atoms. The standard InChI is InChI=1S/C50H29N5/c1-3-15-30(16-4-1)48-50(52-37-24-10-9-23-36(37)51-48)55-41-28-14-27-40-46(41)47-43(55)29-42-44(34-20-8-12-26-39(34)53(42)31-17-5-2-6-18-31)45(47)35-22-13-21-33-32-19-7-11-25-38(32)54(40)49(33)35/h1-29H. The minimum Gasteiger partial charge on any atom is -0.309 e. The molecule has 0 saturated heterocycles. The van der Waals surface area contributed by atoms with E-state index in [1.165, 1.54) is 65.2 Å². The van der Waals surface area contributed by atoms with Gasteiger partial charge in [-0.05, 0) is 54.6 Å². The van der Waals surface area contributed by atoms with E-state index in [4.69, 9.17) is 9.97 Å². The van der Waals surface area contributed by atoms with Gasteiger partial charge in [0.1, 0.15) is 5.69 Å². The lowest BCUT2D eigenvalue weighted by molar-refractivity contribution is 1.08. The molecule has 0 spiro atoms. The van der Waals surface area contributed by atoms with Crippen LogP contribution in [-0.2, 0) is 0 Å². The van der Waals surface area contributed by atoms with Crippen LogP contribution < -0.4 is 0 Å². The van der Waals surface area contributed by atoms with Gasteiger partial charge < -0.3 is 8.97 Å². The van der Waals surface area contributed by atoms with Crippen molar-refractivity contribution in [2.45, 2.75) is 0 Å². The largest absolute Gasteiger partial charge is 0.309 e. The molecule has 254 valence electrons. The van der Waals surface area contributed by atoms with Crippen molar-refractivity contribution in [3.63, 3.8) is 0 Å². The van der Waals surface area contributed by atoms with Crippen LogP contribution in [0.3, 0.4) is 0 Å². The number of nitrogens with zero attached hydrogens (tertiary/aromatic N) is 5. The Balaban J connectivity index is 1.37. The Morgan fingerprint density at radius 2 is 0.945 bits per heavy atom. The third-order valence-corrected chi connectivity index (χ3v) is 11.7. The fraction of sp³-hybridized carbons (Fsp3) is 0. The van der Waals surface area contributed by atoms with Crippen molar-refractivity contribution in [3.8, 4) is 22.8 Å². The second-order valence-corrected chi connectivity index (χ2v) is 14.5. The number of hydrogen-bond acceptors (Lipinski definition) is 2. The zero-order valence-electron chi connectivity index (χ0n) is 29.5. The summed E-state index contributed by atoms with van der Waals surface area (Å²) in [5.41, 5.74) is 12.8. The Morgan fingerprint density at radius 1 is 0.345 bits per heavy atom. The summed E-state index contributed by atoms with van der Waals surface area (Å²) in [5.74, 6) is 0.811. The average Bonchev–Trinajstić information content (AvgIpc) is 3.85. The van der Waals surface area contributed by atoms with Crippen molar-refractivity contribution in [1.29, 1.82) is 0 Å². The van der Waals surface area contributed by atoms with Gasteiger partial charge in [-0.25, -0.2) is 9.97 Å². The summed E-state index contributed by atoms with van der Waals surface area (Å²) in [7, 11) is 0. The predicted molar refractivity (Wildman–Crippen MR) is 228 cm³/mol. The molecule has 13 aromatic rings. The van der Waals surface area contributed by atoms with Crippen LogP contribution in [0, 0.1) is 0 Å². The lowest BCUT2D eigenvalue weighted by atomic mass is 9.98. The van der Waals surface area contributed by atoms with Gasteiger partial charge >= 0.3 is 0 Å². The van der Waals surface area contributed by atoms with E-state index >= 15 is 0 Å². The Morgan fingerprint density at radius 3 is 1.78 bits per heavy atom. The van der Waals surface area contributed by atoms with Crippen LogP contribution >= 0.6 is 0 Å². The van der Waals surface area contributed by atoms with Crippen molar-refractivity contribution >= 4 is 92.7 Å². The minimum atomic E-state index is 0.811. The van der Waals surface area contributed by atoms with Crippen LogP contribution in [-0.4, -0.2) is 23.5 Å². The van der Waals surface area contributed by atoms with E-state index in [1.807, 2.05) is 12.1 Å². The van der Waals surface area contributed by atoms with E-state index < -0.39 is 0 Å². The quantitative estimate of drug-likeness (QED) is 0.184. The van der Waals surface area contributed by atoms with Crippen molar-refractivity contribution in [2.24, 2.45) is 0 Å². The summed E-state index contributed by atoms with van der Waals surface area (Å²) in [6.45, 7) is 0. The molecule has 13 rings (SSSR count). The van der Waals surface area contributed by atoms with Gasteiger partial charge in [-0.2, -0.15) is 0 Å². The van der Waals surface area contributed by atoms with Crippen LogP contribution in [0.15, 0.2) is 176 Å². The van der Waals surface area contributed by atoms with Crippen molar-refractivity contribution in [2.75, 3.05) is 0 Å². The first-order chi connectivity index (χ1) is 27.3. The third kappa shape index (κ3) is 3.71. The maximum Gasteiger partial charge on any atom is 0.165 e. The lowest BCUT2D eigenvalue weighted by Gasteiger charge is -2.15. The molecule has 0 unspecified atom stereocenters. The molecule has 0 aliphatic heterocycles. The monoisotopic (exact) mass is 699 g/mol. The summed E-state index contributed by atoms with van der Waals surface area (Å²) < 4.78 is 7.34. The smallest absolute Gasteiger partial charge is 0.165 e. The summed E-state index contributed by atoms with van der Waals surface area (Å²) >= 11 is 0. The van der Waals surface area contributed by atoms with Gasteiger partial charge in [0, 0.05) is 54.3 Å². The second-order valence-electron chi connectivity index (χ2n) is 14.5. The summed E-state index contributed by atoms with van der Waals surface area (Å²) in [4.78, 5) is 10.9. The van der Waals surface area contributed by atoms with E-state index in [9.17, 15) is 0 Å². The first kappa shape index (κ1) is 29.0. The molecule has 0 aliphatic carbocycles. The Kier molecular flexibility index (Phi) is 5.57. The maximum atomic E-state index is 5.51. The minimum absolute atomic E-state index is 0.811. The molecule has 0 saturated carbocycles. The van der Waals surface area contributed by atoms with Gasteiger partial charge in [-0.1, -0.05) is 121 Å². The lowest BCUT2D eigenvalue weighted by Crippen LogP contribution is -2.04. The number of para-hydroxylation sites is 6. The molecule has 5 aromatic heterocycles. The normalized spacial score (nSPS) is 12.4. The highest BCUT2D eigenvalue weighted by Crippen LogP contribution is 2.49. The van der Waals surface area contributed by atoms with Crippen molar-refractivity contribution in [1.82, 2.24) is 23.5 Å². The molecule has 0 N–H and O–H groups in total. The molecule has 0 atom stereocenters. The third-order valence-electron chi connectivity index (χ3n) is 11.7. The molecule has 0 amide bonds. The van der Waals surface area contributed by atoms with Gasteiger partial charge in [0.25, 0.3) is 0 Å². The molecular weight excluding hydrogens is 671 g/mol. The average molecular weight is 700 g/mol. The van der Waals surface area contributed by atoms with Crippen LogP contribution in [0.4, 0.5) is 0 Å². The number of benzene rings is 8. The van der Waals surface area contributed by atoms with Crippen LogP contribution in [0.25, 0.3) is 116 Å². The fourth-order valence-electron chi connectivity index (χ4n) is 9.59. The molecular formula is C50H29N5. The molecule has 0 fully saturated rings. The van der Waals surface area contributed by atoms with E-state index in [1.54, 1.807) is 0 Å². The summed E-state index contributed by atoms with van der Waals surface area (Å²) in [6, 6.07) is 63.2. The van der Waals surface area contributed by atoms with Crippen LogP contribution in [0.1, 0.15) is 0 Å². The molecule has 8 aromatic carbocycles. The van der Waals surface area contributed by atoms with Gasteiger partial charge in [-0.15, -0.1) is 0 Å². The highest BCUT2D eigenvalue weighted by Gasteiger charge is 2.28. The first-order valence-corrected chi connectivity index (χ1v) is 18.8. The molecule has 5 nitrogen and oxygen atoms in total. The molecule has 0 radical (unpaired) electrons. The first-order valence-electron chi connectivity index (χ1n) is 18.8. The van der Waals surface area contributed by atoms with Crippen molar-refractivity contribution in [3.05, 3.63) is 176 Å². The fourth-order valence-corrected chi connectivity index (χ4v) is 9.59. The molecule has 0 aliphatic rings. The summed E-state index contributed by atoms with van der Waals surface area (Å²) in [5, 5.41) is 9.89. The van der Waals surface area contributed by atoms with Gasteiger partial charge in [0.15, 0.2) is 5.82 Å². The zero-order valence-corrected chi connectivity index (χ0v) is 29.5. The van der Waals surface area contributed by atoms with E-state index in [2.05, 4.69) is 177 Å². The van der Waals surface area contributed by atoms with Gasteiger partial charge in [0.05, 0.1) is 49.7 Å². The van der Waals surface area contributed by atoms with Crippen LogP contribution in [0.2, 0.25) is 0 Å². The van der Waals surface area contributed by atoms with Crippen LogP contribution in [0.5, 0.6) is 0 Å². The Labute approximate surface area is 313 Å². The Bertz CT molecular complexity index is 3700. The van der Waals surface area contributed by atoms with E-state index in [0.29, 0.717) is 0 Å². The second kappa shape index (κ2) is 10.6. The Hall–Kier alpha value is -7.50. The molecule has 5 heterocycles. The molecule has 5 heteroatoms. The van der Waals surface area contributed by atoms with Gasteiger partial charge in [-0.3, -0.25) is 4.57 Å².